The SMILES string of the molecule is O=C(O)COCc1cc(-c2ccc(Br)cc2)on1. The Morgan fingerprint density at radius 1 is 1.39 bits per heavy atom. The Bertz CT molecular complexity index is 535. The number of rotatable bonds is 5. The van der Waals surface area contributed by atoms with Crippen molar-refractivity contribution in [2.45, 2.75) is 6.61 Å². The van der Waals surface area contributed by atoms with Crippen LogP contribution in [-0.2, 0) is 16.1 Å². The molecule has 0 atom stereocenters. The molecular formula is C12H10BrNO4. The summed E-state index contributed by atoms with van der Waals surface area (Å²) >= 11 is 3.35. The molecule has 0 aliphatic heterocycles. The highest BCUT2D eigenvalue weighted by Gasteiger charge is 2.07. The van der Waals surface area contributed by atoms with Crippen LogP contribution < -0.4 is 0 Å². The van der Waals surface area contributed by atoms with Crippen LogP contribution >= 0.6 is 15.9 Å². The number of nitrogens with zero attached hydrogens (tertiary/aromatic N) is 1. The highest BCUT2D eigenvalue weighted by Crippen LogP contribution is 2.22. The molecule has 0 aliphatic carbocycles. The zero-order valence-electron chi connectivity index (χ0n) is 9.30. The van der Waals surface area contributed by atoms with E-state index in [1.807, 2.05) is 24.3 Å². The number of carboxylic acid groups (broad SMARTS) is 1. The highest BCUT2D eigenvalue weighted by molar-refractivity contribution is 9.10. The van der Waals surface area contributed by atoms with Crippen LogP contribution in [-0.4, -0.2) is 22.8 Å². The molecule has 0 bridgehead atoms. The van der Waals surface area contributed by atoms with Crippen LogP contribution in [0.2, 0.25) is 0 Å². The summed E-state index contributed by atoms with van der Waals surface area (Å²) in [6.07, 6.45) is 0. The van der Waals surface area contributed by atoms with E-state index < -0.39 is 5.97 Å². The second-order valence-corrected chi connectivity index (χ2v) is 4.49. The summed E-state index contributed by atoms with van der Waals surface area (Å²) < 4.78 is 11.1. The quantitative estimate of drug-likeness (QED) is 0.919. The third-order valence-electron chi connectivity index (χ3n) is 2.16. The van der Waals surface area contributed by atoms with Gasteiger partial charge in [-0.15, -0.1) is 0 Å². The number of halogens is 1. The number of aliphatic carboxylic acids is 1. The predicted molar refractivity (Wildman–Crippen MR) is 66.9 cm³/mol. The van der Waals surface area contributed by atoms with E-state index in [2.05, 4.69) is 21.1 Å². The van der Waals surface area contributed by atoms with Crippen molar-refractivity contribution in [1.29, 1.82) is 0 Å². The van der Waals surface area contributed by atoms with E-state index in [0.29, 0.717) is 11.5 Å². The van der Waals surface area contributed by atoms with Crippen molar-refractivity contribution in [2.24, 2.45) is 0 Å². The van der Waals surface area contributed by atoms with Crippen molar-refractivity contribution >= 4 is 21.9 Å². The van der Waals surface area contributed by atoms with Crippen LogP contribution in [0.3, 0.4) is 0 Å². The molecule has 5 nitrogen and oxygen atoms in total. The third-order valence-corrected chi connectivity index (χ3v) is 2.69. The minimum atomic E-state index is -1.01. The van der Waals surface area contributed by atoms with Gasteiger partial charge in [0.15, 0.2) is 5.76 Å². The van der Waals surface area contributed by atoms with Gasteiger partial charge in [0.1, 0.15) is 12.3 Å². The summed E-state index contributed by atoms with van der Waals surface area (Å²) in [6, 6.07) is 9.32. The van der Waals surface area contributed by atoms with Gasteiger partial charge < -0.3 is 14.4 Å². The Morgan fingerprint density at radius 3 is 2.78 bits per heavy atom. The summed E-state index contributed by atoms with van der Waals surface area (Å²) in [5.74, 6) is -0.386. The molecule has 0 unspecified atom stereocenters. The average Bonchev–Trinajstić information content (AvgIpc) is 2.78. The number of benzene rings is 1. The lowest BCUT2D eigenvalue weighted by Gasteiger charge is -1.95. The molecule has 2 rings (SSSR count). The Hall–Kier alpha value is -1.66. The van der Waals surface area contributed by atoms with Gasteiger partial charge in [-0.05, 0) is 12.1 Å². The van der Waals surface area contributed by atoms with Gasteiger partial charge in [0.05, 0.1) is 6.61 Å². The molecule has 0 fully saturated rings. The fraction of sp³-hybridized carbons (Fsp3) is 0.167. The molecule has 0 saturated heterocycles. The van der Waals surface area contributed by atoms with Gasteiger partial charge in [-0.3, -0.25) is 0 Å². The highest BCUT2D eigenvalue weighted by atomic mass is 79.9. The van der Waals surface area contributed by atoms with Gasteiger partial charge in [0.25, 0.3) is 0 Å². The fourth-order valence-electron chi connectivity index (χ4n) is 1.37. The smallest absolute Gasteiger partial charge is 0.329 e. The number of carbonyl (C=O) groups is 1. The standard InChI is InChI=1S/C12H10BrNO4/c13-9-3-1-8(2-4-9)11-5-10(14-18-11)6-17-7-12(15)16/h1-5H,6-7H2,(H,15,16). The molecule has 0 saturated carbocycles. The monoisotopic (exact) mass is 311 g/mol. The van der Waals surface area contributed by atoms with Crippen LogP contribution in [0.15, 0.2) is 39.3 Å². The molecule has 1 aromatic carbocycles. The number of ether oxygens (including phenoxy) is 1. The molecule has 0 spiro atoms. The Morgan fingerprint density at radius 2 is 2.11 bits per heavy atom. The lowest BCUT2D eigenvalue weighted by molar-refractivity contribution is -0.142. The normalized spacial score (nSPS) is 10.5. The molecule has 18 heavy (non-hydrogen) atoms. The van der Waals surface area contributed by atoms with Gasteiger partial charge in [-0.1, -0.05) is 33.2 Å². The number of hydrogen-bond donors (Lipinski definition) is 1. The molecule has 0 amide bonds. The maximum atomic E-state index is 10.3. The van der Waals surface area contributed by atoms with Crippen molar-refractivity contribution in [1.82, 2.24) is 5.16 Å². The first-order valence-corrected chi connectivity index (χ1v) is 5.95. The third kappa shape index (κ3) is 3.41. The van der Waals surface area contributed by atoms with Gasteiger partial charge >= 0.3 is 5.97 Å². The van der Waals surface area contributed by atoms with Gasteiger partial charge in [-0.2, -0.15) is 0 Å². The van der Waals surface area contributed by atoms with Gasteiger partial charge in [0, 0.05) is 16.1 Å². The van der Waals surface area contributed by atoms with Crippen molar-refractivity contribution in [3.8, 4) is 11.3 Å². The molecule has 6 heteroatoms. The summed E-state index contributed by atoms with van der Waals surface area (Å²) in [5.41, 5.74) is 1.46. The van der Waals surface area contributed by atoms with Crippen molar-refractivity contribution in [3.05, 3.63) is 40.5 Å². The topological polar surface area (TPSA) is 72.6 Å². The zero-order valence-corrected chi connectivity index (χ0v) is 10.9. The molecule has 0 radical (unpaired) electrons. The van der Waals surface area contributed by atoms with E-state index in [1.165, 1.54) is 0 Å². The van der Waals surface area contributed by atoms with Gasteiger partial charge in [-0.25, -0.2) is 4.79 Å². The first-order valence-electron chi connectivity index (χ1n) is 5.16. The van der Waals surface area contributed by atoms with Crippen LogP contribution in [0.5, 0.6) is 0 Å². The van der Waals surface area contributed by atoms with Crippen molar-refractivity contribution < 1.29 is 19.2 Å². The molecule has 1 aromatic heterocycles. The number of aromatic nitrogens is 1. The lowest BCUT2D eigenvalue weighted by Crippen LogP contribution is -2.06. The molecular weight excluding hydrogens is 302 g/mol. The second kappa shape index (κ2) is 5.79. The van der Waals surface area contributed by atoms with Gasteiger partial charge in [0.2, 0.25) is 0 Å². The number of carboxylic acids is 1. The number of hydrogen-bond acceptors (Lipinski definition) is 4. The van der Waals surface area contributed by atoms with E-state index in [4.69, 9.17) is 14.4 Å². The first kappa shape index (κ1) is 12.8. The summed E-state index contributed by atoms with van der Waals surface area (Å²) in [7, 11) is 0. The van der Waals surface area contributed by atoms with Crippen molar-refractivity contribution in [3.63, 3.8) is 0 Å². The molecule has 1 heterocycles. The van der Waals surface area contributed by atoms with E-state index in [1.54, 1.807) is 6.07 Å². The minimum absolute atomic E-state index is 0.117. The summed E-state index contributed by atoms with van der Waals surface area (Å²) in [4.78, 5) is 10.3. The molecule has 1 N–H and O–H groups in total. The largest absolute Gasteiger partial charge is 0.480 e. The maximum Gasteiger partial charge on any atom is 0.329 e. The van der Waals surface area contributed by atoms with E-state index in [9.17, 15) is 4.79 Å². The fourth-order valence-corrected chi connectivity index (χ4v) is 1.64. The van der Waals surface area contributed by atoms with Crippen LogP contribution in [0.1, 0.15) is 5.69 Å². The van der Waals surface area contributed by atoms with Crippen LogP contribution in [0, 0.1) is 0 Å². The average molecular weight is 312 g/mol. The Balaban J connectivity index is 2.01. The van der Waals surface area contributed by atoms with Crippen molar-refractivity contribution in [2.75, 3.05) is 6.61 Å². The second-order valence-electron chi connectivity index (χ2n) is 3.58. The summed E-state index contributed by atoms with van der Waals surface area (Å²) in [5, 5.41) is 12.2. The van der Waals surface area contributed by atoms with E-state index in [-0.39, 0.29) is 13.2 Å². The molecule has 2 aromatic rings. The zero-order chi connectivity index (χ0) is 13.0. The maximum absolute atomic E-state index is 10.3. The summed E-state index contributed by atoms with van der Waals surface area (Å²) in [6.45, 7) is -0.229. The lowest BCUT2D eigenvalue weighted by atomic mass is 10.2. The van der Waals surface area contributed by atoms with Crippen LogP contribution in [0.4, 0.5) is 0 Å². The Kier molecular flexibility index (Phi) is 4.11. The first-order chi connectivity index (χ1) is 8.65. The molecule has 0 aliphatic rings. The van der Waals surface area contributed by atoms with Crippen LogP contribution in [0.25, 0.3) is 11.3 Å². The van der Waals surface area contributed by atoms with E-state index in [0.717, 1.165) is 10.0 Å². The predicted octanol–water partition coefficient (Wildman–Crippen LogP) is 2.71. The minimum Gasteiger partial charge on any atom is -0.480 e. The molecule has 94 valence electrons. The van der Waals surface area contributed by atoms with E-state index >= 15 is 0 Å². The Labute approximate surface area is 111 Å².